The van der Waals surface area contributed by atoms with E-state index >= 15 is 0 Å². The maximum absolute atomic E-state index is 5.75. The van der Waals surface area contributed by atoms with E-state index in [0.29, 0.717) is 12.3 Å². The van der Waals surface area contributed by atoms with Gasteiger partial charge in [0.1, 0.15) is 12.4 Å². The smallest absolute Gasteiger partial charge is 0.145 e. The number of benzene rings is 1. The minimum absolute atomic E-state index is 0.00341. The average Bonchev–Trinajstić information content (AvgIpc) is 2.26. The molecular weight excluding hydrogens is 202 g/mol. The number of fused-ring (bicyclic) bond motifs is 1. The molecule has 0 radical (unpaired) electrons. The molecular formula is C12H15N3O. The molecule has 4 N–H and O–H groups in total. The molecule has 1 heterocycles. The summed E-state index contributed by atoms with van der Waals surface area (Å²) in [6.07, 6.45) is 3.47. The van der Waals surface area contributed by atoms with Gasteiger partial charge in [-0.05, 0) is 19.1 Å². The summed E-state index contributed by atoms with van der Waals surface area (Å²) in [5, 5.41) is 1.98. The van der Waals surface area contributed by atoms with Gasteiger partial charge in [-0.1, -0.05) is 6.07 Å². The van der Waals surface area contributed by atoms with Gasteiger partial charge in [0, 0.05) is 28.7 Å². The number of nitrogens with two attached hydrogens (primary N) is 2. The van der Waals surface area contributed by atoms with Gasteiger partial charge in [0.05, 0.1) is 6.20 Å². The molecule has 1 unspecified atom stereocenters. The molecule has 0 saturated heterocycles. The number of aromatic nitrogens is 1. The second-order valence-corrected chi connectivity index (χ2v) is 3.91. The zero-order chi connectivity index (χ0) is 11.5. The van der Waals surface area contributed by atoms with Crippen LogP contribution in [0.5, 0.6) is 5.75 Å². The fourth-order valence-corrected chi connectivity index (χ4v) is 1.49. The maximum Gasteiger partial charge on any atom is 0.145 e. The van der Waals surface area contributed by atoms with Gasteiger partial charge in [-0.25, -0.2) is 0 Å². The zero-order valence-corrected chi connectivity index (χ0v) is 9.18. The van der Waals surface area contributed by atoms with Crippen LogP contribution in [0.2, 0.25) is 0 Å². The third kappa shape index (κ3) is 2.23. The van der Waals surface area contributed by atoms with Crippen LogP contribution in [0.3, 0.4) is 0 Å². The number of anilines is 1. The number of hydrogen-bond acceptors (Lipinski definition) is 4. The third-order valence-corrected chi connectivity index (χ3v) is 2.25. The molecule has 4 nitrogen and oxygen atoms in total. The van der Waals surface area contributed by atoms with Crippen LogP contribution in [0.15, 0.2) is 30.6 Å². The Morgan fingerprint density at radius 3 is 2.94 bits per heavy atom. The quantitative estimate of drug-likeness (QED) is 0.765. The first-order valence-electron chi connectivity index (χ1n) is 5.18. The van der Waals surface area contributed by atoms with Crippen LogP contribution in [0.4, 0.5) is 5.69 Å². The monoisotopic (exact) mass is 217 g/mol. The zero-order valence-electron chi connectivity index (χ0n) is 9.18. The minimum atomic E-state index is -0.00341. The van der Waals surface area contributed by atoms with Crippen LogP contribution < -0.4 is 16.2 Å². The molecule has 84 valence electrons. The van der Waals surface area contributed by atoms with Crippen LogP contribution in [-0.2, 0) is 0 Å². The van der Waals surface area contributed by atoms with E-state index in [4.69, 9.17) is 16.2 Å². The van der Waals surface area contributed by atoms with E-state index in [1.54, 1.807) is 12.4 Å². The second kappa shape index (κ2) is 4.37. The third-order valence-electron chi connectivity index (χ3n) is 2.25. The summed E-state index contributed by atoms with van der Waals surface area (Å²) in [6, 6.07) is 5.65. The van der Waals surface area contributed by atoms with E-state index in [-0.39, 0.29) is 6.04 Å². The molecule has 0 aliphatic rings. The standard InChI is InChI=1S/C12H15N3O/c1-8(13)7-16-12-6-15-5-9-2-3-10(14)4-11(9)12/h2-6,8H,7,13-14H2,1H3. The van der Waals surface area contributed by atoms with Gasteiger partial charge < -0.3 is 16.2 Å². The van der Waals surface area contributed by atoms with Crippen molar-refractivity contribution in [2.75, 3.05) is 12.3 Å². The Hall–Kier alpha value is -1.81. The molecule has 0 bridgehead atoms. The molecule has 0 aliphatic carbocycles. The summed E-state index contributed by atoms with van der Waals surface area (Å²) in [5.41, 5.74) is 12.1. The number of hydrogen-bond donors (Lipinski definition) is 2. The van der Waals surface area contributed by atoms with Crippen molar-refractivity contribution in [2.45, 2.75) is 13.0 Å². The SMILES string of the molecule is CC(N)COc1cncc2ccc(N)cc12. The summed E-state index contributed by atoms with van der Waals surface area (Å²) in [5.74, 6) is 0.724. The molecule has 1 aromatic carbocycles. The van der Waals surface area contributed by atoms with Crippen molar-refractivity contribution in [1.29, 1.82) is 0 Å². The van der Waals surface area contributed by atoms with Crippen molar-refractivity contribution in [3.8, 4) is 5.75 Å². The lowest BCUT2D eigenvalue weighted by atomic mass is 10.1. The van der Waals surface area contributed by atoms with Crippen LogP contribution in [0.1, 0.15) is 6.92 Å². The first kappa shape index (κ1) is 10.7. The topological polar surface area (TPSA) is 74.2 Å². The van der Waals surface area contributed by atoms with Crippen molar-refractivity contribution in [2.24, 2.45) is 5.73 Å². The van der Waals surface area contributed by atoms with Crippen molar-refractivity contribution < 1.29 is 4.74 Å². The highest BCUT2D eigenvalue weighted by Crippen LogP contribution is 2.26. The maximum atomic E-state index is 5.75. The van der Waals surface area contributed by atoms with E-state index in [1.165, 1.54) is 0 Å². The van der Waals surface area contributed by atoms with E-state index in [0.717, 1.165) is 16.5 Å². The van der Waals surface area contributed by atoms with Gasteiger partial charge >= 0.3 is 0 Å². The van der Waals surface area contributed by atoms with E-state index < -0.39 is 0 Å². The Balaban J connectivity index is 2.40. The predicted octanol–water partition coefficient (Wildman–Crippen LogP) is 1.54. The van der Waals surface area contributed by atoms with Crippen molar-refractivity contribution >= 4 is 16.5 Å². The van der Waals surface area contributed by atoms with Crippen LogP contribution >= 0.6 is 0 Å². The Bertz CT molecular complexity index is 497. The molecule has 1 atom stereocenters. The number of pyridine rings is 1. The van der Waals surface area contributed by atoms with E-state index in [9.17, 15) is 0 Å². The molecule has 0 saturated carbocycles. The highest BCUT2D eigenvalue weighted by molar-refractivity contribution is 5.89. The first-order valence-corrected chi connectivity index (χ1v) is 5.18. The molecule has 4 heteroatoms. The summed E-state index contributed by atoms with van der Waals surface area (Å²) in [7, 11) is 0. The fraction of sp³-hybridized carbons (Fsp3) is 0.250. The van der Waals surface area contributed by atoms with Gasteiger partial charge in [0.15, 0.2) is 0 Å². The molecule has 1 aromatic heterocycles. The normalized spacial score (nSPS) is 12.6. The van der Waals surface area contributed by atoms with Crippen LogP contribution in [0, 0.1) is 0 Å². The van der Waals surface area contributed by atoms with Gasteiger partial charge in [-0.2, -0.15) is 0 Å². The first-order chi connectivity index (χ1) is 7.66. The van der Waals surface area contributed by atoms with Gasteiger partial charge in [0.25, 0.3) is 0 Å². The number of rotatable bonds is 3. The number of nitrogens with zero attached hydrogens (tertiary/aromatic N) is 1. The molecule has 0 spiro atoms. The Morgan fingerprint density at radius 2 is 2.19 bits per heavy atom. The van der Waals surface area contributed by atoms with Gasteiger partial charge in [-0.15, -0.1) is 0 Å². The molecule has 0 fully saturated rings. The van der Waals surface area contributed by atoms with Crippen LogP contribution in [0.25, 0.3) is 10.8 Å². The Morgan fingerprint density at radius 1 is 1.38 bits per heavy atom. The summed E-state index contributed by atoms with van der Waals surface area (Å²) in [6.45, 7) is 2.36. The molecule has 0 amide bonds. The van der Waals surface area contributed by atoms with Gasteiger partial charge in [0.2, 0.25) is 0 Å². The number of ether oxygens (including phenoxy) is 1. The molecule has 0 aliphatic heterocycles. The minimum Gasteiger partial charge on any atom is -0.490 e. The average molecular weight is 217 g/mol. The van der Waals surface area contributed by atoms with Crippen molar-refractivity contribution in [3.05, 3.63) is 30.6 Å². The number of nitrogen functional groups attached to an aromatic ring is 1. The molecule has 16 heavy (non-hydrogen) atoms. The highest BCUT2D eigenvalue weighted by atomic mass is 16.5. The van der Waals surface area contributed by atoms with E-state index in [1.807, 2.05) is 25.1 Å². The molecule has 2 aromatic rings. The fourth-order valence-electron chi connectivity index (χ4n) is 1.49. The summed E-state index contributed by atoms with van der Waals surface area (Å²) < 4.78 is 5.59. The lowest BCUT2D eigenvalue weighted by molar-refractivity contribution is 0.298. The largest absolute Gasteiger partial charge is 0.490 e. The highest BCUT2D eigenvalue weighted by Gasteiger charge is 2.04. The van der Waals surface area contributed by atoms with Crippen LogP contribution in [-0.4, -0.2) is 17.6 Å². The summed E-state index contributed by atoms with van der Waals surface area (Å²) in [4.78, 5) is 4.11. The molecule has 2 rings (SSSR count). The lowest BCUT2D eigenvalue weighted by Crippen LogP contribution is -2.23. The van der Waals surface area contributed by atoms with Crippen molar-refractivity contribution in [3.63, 3.8) is 0 Å². The van der Waals surface area contributed by atoms with Crippen molar-refractivity contribution in [1.82, 2.24) is 4.98 Å². The predicted molar refractivity (Wildman–Crippen MR) is 65.3 cm³/mol. The Labute approximate surface area is 94.2 Å². The summed E-state index contributed by atoms with van der Waals surface area (Å²) >= 11 is 0. The lowest BCUT2D eigenvalue weighted by Gasteiger charge is -2.10. The Kier molecular flexibility index (Phi) is 2.92. The second-order valence-electron chi connectivity index (χ2n) is 3.91. The van der Waals surface area contributed by atoms with Gasteiger partial charge in [-0.3, -0.25) is 4.98 Å². The van der Waals surface area contributed by atoms with E-state index in [2.05, 4.69) is 4.98 Å².